The predicted octanol–water partition coefficient (Wildman–Crippen LogP) is 2.76. The van der Waals surface area contributed by atoms with Gasteiger partial charge in [0.25, 0.3) is 0 Å². The summed E-state index contributed by atoms with van der Waals surface area (Å²) in [5, 5.41) is 3.76. The van der Waals surface area contributed by atoms with Crippen LogP contribution in [0.2, 0.25) is 0 Å². The minimum absolute atomic E-state index is 0.328. The first-order valence-electron chi connectivity index (χ1n) is 7.93. The summed E-state index contributed by atoms with van der Waals surface area (Å²) in [6, 6.07) is 0.640. The lowest BCUT2D eigenvalue weighted by molar-refractivity contribution is 0.138. The first kappa shape index (κ1) is 16.9. The van der Waals surface area contributed by atoms with Crippen LogP contribution in [0.25, 0.3) is 0 Å². The molecule has 1 saturated heterocycles. The Morgan fingerprint density at radius 1 is 1.32 bits per heavy atom. The van der Waals surface area contributed by atoms with E-state index in [4.69, 9.17) is 4.74 Å². The summed E-state index contributed by atoms with van der Waals surface area (Å²) >= 11 is 0. The molecule has 1 N–H and O–H groups in total. The fourth-order valence-electron chi connectivity index (χ4n) is 2.84. The zero-order chi connectivity index (χ0) is 14.3. The second-order valence-electron chi connectivity index (χ2n) is 6.85. The van der Waals surface area contributed by atoms with Crippen LogP contribution in [0.1, 0.15) is 47.0 Å². The largest absolute Gasteiger partial charge is 0.385 e. The lowest BCUT2D eigenvalue weighted by Gasteiger charge is -2.36. The molecule has 1 unspecified atom stereocenters. The molecule has 0 aromatic heterocycles. The van der Waals surface area contributed by atoms with Crippen LogP contribution in [0, 0.1) is 11.3 Å². The number of hydrogen-bond acceptors (Lipinski definition) is 3. The van der Waals surface area contributed by atoms with E-state index in [0.29, 0.717) is 11.5 Å². The summed E-state index contributed by atoms with van der Waals surface area (Å²) in [5.74, 6) is 0.848. The van der Waals surface area contributed by atoms with Crippen molar-refractivity contribution in [2.24, 2.45) is 11.3 Å². The van der Waals surface area contributed by atoms with Crippen LogP contribution in [0.5, 0.6) is 0 Å². The van der Waals surface area contributed by atoms with Crippen molar-refractivity contribution in [2.45, 2.75) is 53.0 Å². The number of methoxy groups -OCH3 is 1. The predicted molar refractivity (Wildman–Crippen MR) is 82.6 cm³/mol. The van der Waals surface area contributed by atoms with Gasteiger partial charge in [0.2, 0.25) is 0 Å². The molecule has 1 aliphatic heterocycles. The standard InChI is InChI=1S/C16H34N2O/c1-6-18-10-7-15(8-11-18)14(2)17-13-16(3,4)9-12-19-5/h14-15,17H,6-13H2,1-5H3. The van der Waals surface area contributed by atoms with Crippen LogP contribution in [-0.2, 0) is 4.74 Å². The van der Waals surface area contributed by atoms with Gasteiger partial charge in [-0.15, -0.1) is 0 Å². The number of likely N-dealkylation sites (tertiary alicyclic amines) is 1. The van der Waals surface area contributed by atoms with Crippen LogP contribution in [0.3, 0.4) is 0 Å². The van der Waals surface area contributed by atoms with E-state index in [-0.39, 0.29) is 0 Å². The summed E-state index contributed by atoms with van der Waals surface area (Å²) < 4.78 is 5.19. The Morgan fingerprint density at radius 3 is 2.47 bits per heavy atom. The number of hydrogen-bond donors (Lipinski definition) is 1. The van der Waals surface area contributed by atoms with Crippen LogP contribution >= 0.6 is 0 Å². The van der Waals surface area contributed by atoms with E-state index in [0.717, 1.165) is 25.5 Å². The zero-order valence-corrected chi connectivity index (χ0v) is 13.7. The maximum absolute atomic E-state index is 5.19. The number of piperidine rings is 1. The Hall–Kier alpha value is -0.120. The monoisotopic (exact) mass is 270 g/mol. The van der Waals surface area contributed by atoms with Crippen molar-refractivity contribution >= 4 is 0 Å². The molecule has 1 aliphatic rings. The number of nitrogens with one attached hydrogen (secondary N) is 1. The van der Waals surface area contributed by atoms with Crippen molar-refractivity contribution in [1.29, 1.82) is 0 Å². The Kier molecular flexibility index (Phi) is 7.33. The molecule has 1 heterocycles. The van der Waals surface area contributed by atoms with E-state index in [2.05, 4.69) is 37.9 Å². The Morgan fingerprint density at radius 2 is 1.95 bits per heavy atom. The smallest absolute Gasteiger partial charge is 0.0467 e. The highest BCUT2D eigenvalue weighted by atomic mass is 16.5. The lowest BCUT2D eigenvalue weighted by Crippen LogP contribution is -2.44. The van der Waals surface area contributed by atoms with Gasteiger partial charge in [0, 0.05) is 26.3 Å². The fraction of sp³-hybridized carbons (Fsp3) is 1.00. The molecule has 0 aromatic rings. The van der Waals surface area contributed by atoms with Gasteiger partial charge >= 0.3 is 0 Å². The van der Waals surface area contributed by atoms with Gasteiger partial charge in [-0.25, -0.2) is 0 Å². The topological polar surface area (TPSA) is 24.5 Å². The second-order valence-corrected chi connectivity index (χ2v) is 6.85. The van der Waals surface area contributed by atoms with Crippen LogP contribution in [0.4, 0.5) is 0 Å². The number of ether oxygens (including phenoxy) is 1. The molecule has 3 nitrogen and oxygen atoms in total. The average Bonchev–Trinajstić information content (AvgIpc) is 2.43. The molecule has 0 amide bonds. The SMILES string of the molecule is CCN1CCC(C(C)NCC(C)(C)CCOC)CC1. The third kappa shape index (κ3) is 6.24. The molecule has 114 valence electrons. The van der Waals surface area contributed by atoms with Crippen molar-refractivity contribution in [2.75, 3.05) is 39.9 Å². The van der Waals surface area contributed by atoms with E-state index in [1.807, 2.05) is 0 Å². The molecular weight excluding hydrogens is 236 g/mol. The van der Waals surface area contributed by atoms with E-state index < -0.39 is 0 Å². The quantitative estimate of drug-likeness (QED) is 0.734. The molecule has 0 spiro atoms. The molecular formula is C16H34N2O. The van der Waals surface area contributed by atoms with Crippen molar-refractivity contribution in [3.8, 4) is 0 Å². The van der Waals surface area contributed by atoms with Gasteiger partial charge in [-0.2, -0.15) is 0 Å². The highest BCUT2D eigenvalue weighted by Gasteiger charge is 2.25. The minimum atomic E-state index is 0.328. The van der Waals surface area contributed by atoms with E-state index in [1.165, 1.54) is 32.5 Å². The highest BCUT2D eigenvalue weighted by molar-refractivity contribution is 4.81. The van der Waals surface area contributed by atoms with E-state index in [1.54, 1.807) is 7.11 Å². The van der Waals surface area contributed by atoms with Gasteiger partial charge < -0.3 is 15.0 Å². The average molecular weight is 270 g/mol. The molecule has 0 aliphatic carbocycles. The van der Waals surface area contributed by atoms with E-state index in [9.17, 15) is 0 Å². The summed E-state index contributed by atoms with van der Waals surface area (Å²) in [6.45, 7) is 15.0. The maximum Gasteiger partial charge on any atom is 0.0467 e. The molecule has 3 heteroatoms. The Bertz CT molecular complexity index is 235. The van der Waals surface area contributed by atoms with Crippen molar-refractivity contribution in [3.05, 3.63) is 0 Å². The summed E-state index contributed by atoms with van der Waals surface area (Å²) in [4.78, 5) is 2.56. The van der Waals surface area contributed by atoms with Gasteiger partial charge in [0.1, 0.15) is 0 Å². The van der Waals surface area contributed by atoms with Crippen molar-refractivity contribution in [3.63, 3.8) is 0 Å². The second kappa shape index (κ2) is 8.23. The Balaban J connectivity index is 2.25. The van der Waals surface area contributed by atoms with Gasteiger partial charge in [-0.05, 0) is 57.2 Å². The van der Waals surface area contributed by atoms with Crippen molar-refractivity contribution < 1.29 is 4.74 Å². The van der Waals surface area contributed by atoms with Crippen LogP contribution in [0.15, 0.2) is 0 Å². The molecule has 1 fully saturated rings. The molecule has 19 heavy (non-hydrogen) atoms. The molecule has 1 atom stereocenters. The highest BCUT2D eigenvalue weighted by Crippen LogP contribution is 2.23. The molecule has 1 rings (SSSR count). The minimum Gasteiger partial charge on any atom is -0.385 e. The summed E-state index contributed by atoms with van der Waals surface area (Å²) in [7, 11) is 1.79. The third-order valence-electron chi connectivity index (χ3n) is 4.67. The molecule has 0 saturated carbocycles. The lowest BCUT2D eigenvalue weighted by atomic mass is 9.87. The molecule has 0 aromatic carbocycles. The third-order valence-corrected chi connectivity index (χ3v) is 4.67. The van der Waals surface area contributed by atoms with Gasteiger partial charge in [0.05, 0.1) is 0 Å². The first-order valence-corrected chi connectivity index (χ1v) is 7.93. The summed E-state index contributed by atoms with van der Waals surface area (Å²) in [6.07, 6.45) is 3.82. The number of nitrogens with zero attached hydrogens (tertiary/aromatic N) is 1. The Labute approximate surface area is 120 Å². The summed E-state index contributed by atoms with van der Waals surface area (Å²) in [5.41, 5.74) is 0.328. The zero-order valence-electron chi connectivity index (χ0n) is 13.7. The normalized spacial score (nSPS) is 20.7. The van der Waals surface area contributed by atoms with E-state index >= 15 is 0 Å². The van der Waals surface area contributed by atoms with Crippen LogP contribution in [-0.4, -0.2) is 50.8 Å². The number of rotatable bonds is 8. The van der Waals surface area contributed by atoms with Crippen molar-refractivity contribution in [1.82, 2.24) is 10.2 Å². The fourth-order valence-corrected chi connectivity index (χ4v) is 2.84. The van der Waals surface area contributed by atoms with Gasteiger partial charge in [-0.3, -0.25) is 0 Å². The molecule has 0 radical (unpaired) electrons. The molecule has 0 bridgehead atoms. The first-order chi connectivity index (χ1) is 8.98. The van der Waals surface area contributed by atoms with Gasteiger partial charge in [0.15, 0.2) is 0 Å². The van der Waals surface area contributed by atoms with Crippen LogP contribution < -0.4 is 5.32 Å². The maximum atomic E-state index is 5.19. The van der Waals surface area contributed by atoms with Gasteiger partial charge in [-0.1, -0.05) is 20.8 Å².